The zero-order valence-corrected chi connectivity index (χ0v) is 21.5. The third kappa shape index (κ3) is 10.7. The molecule has 1 aromatic carbocycles. The zero-order valence-electron chi connectivity index (χ0n) is 21.5. The van der Waals surface area contributed by atoms with Crippen LogP contribution in [-0.2, 0) is 25.5 Å². The quantitative estimate of drug-likeness (QED) is 0.286. The molecule has 0 radical (unpaired) electrons. The van der Waals surface area contributed by atoms with Gasteiger partial charge in [0.2, 0.25) is 0 Å². The van der Waals surface area contributed by atoms with Crippen LogP contribution < -0.4 is 5.32 Å². The summed E-state index contributed by atoms with van der Waals surface area (Å²) in [5, 5.41) is 2.88. The summed E-state index contributed by atoms with van der Waals surface area (Å²) >= 11 is 0. The number of nitrogens with one attached hydrogen (secondary N) is 1. The van der Waals surface area contributed by atoms with Crippen molar-refractivity contribution in [2.45, 2.75) is 85.5 Å². The molecule has 0 spiro atoms. The monoisotopic (exact) mass is 473 g/mol. The highest BCUT2D eigenvalue weighted by Crippen LogP contribution is 2.49. The van der Waals surface area contributed by atoms with Crippen LogP contribution in [0, 0.1) is 16.7 Å². The molecule has 0 aliphatic heterocycles. The van der Waals surface area contributed by atoms with Gasteiger partial charge in [0, 0.05) is 25.8 Å². The lowest BCUT2D eigenvalue weighted by Crippen LogP contribution is -2.44. The molecular weight excluding hydrogens is 430 g/mol. The Kier molecular flexibility index (Phi) is 11.1. The van der Waals surface area contributed by atoms with Crippen LogP contribution in [0.25, 0.3) is 0 Å². The highest BCUT2D eigenvalue weighted by molar-refractivity contribution is 5.78. The number of unbranched alkanes of at least 4 members (excludes halogenated alkanes) is 1. The molecule has 0 bridgehead atoms. The van der Waals surface area contributed by atoms with Crippen molar-refractivity contribution in [2.24, 2.45) is 16.7 Å². The lowest BCUT2D eigenvalue weighted by Gasteiger charge is -2.46. The Labute approximate surface area is 205 Å². The molecule has 1 aliphatic rings. The van der Waals surface area contributed by atoms with Crippen LogP contribution in [0.2, 0.25) is 0 Å². The third-order valence-corrected chi connectivity index (χ3v) is 6.57. The summed E-state index contributed by atoms with van der Waals surface area (Å²) in [6, 6.07) is 10.0. The molecular formula is C28H43NO5. The van der Waals surface area contributed by atoms with Crippen LogP contribution in [0.4, 0.5) is 4.79 Å². The van der Waals surface area contributed by atoms with E-state index in [2.05, 4.69) is 26.1 Å². The van der Waals surface area contributed by atoms with Crippen LogP contribution in [0.1, 0.15) is 84.6 Å². The molecule has 1 fully saturated rings. The van der Waals surface area contributed by atoms with Crippen molar-refractivity contribution in [2.75, 3.05) is 19.8 Å². The Morgan fingerprint density at radius 1 is 1.00 bits per heavy atom. The maximum absolute atomic E-state index is 12.5. The molecule has 1 N–H and O–H groups in total. The minimum absolute atomic E-state index is 0.0838. The lowest BCUT2D eigenvalue weighted by atomic mass is 9.60. The number of amides is 1. The van der Waals surface area contributed by atoms with Crippen molar-refractivity contribution in [3.63, 3.8) is 0 Å². The largest absolute Gasteiger partial charge is 0.466 e. The van der Waals surface area contributed by atoms with E-state index in [1.807, 2.05) is 30.3 Å². The van der Waals surface area contributed by atoms with Gasteiger partial charge in [0.1, 0.15) is 5.78 Å². The SMILES string of the molecule is CCOC(=O)NCC1(C)CC(CC(=O)OCCCCC(=O)CCc2ccccc2)CC(C)(C)C1. The number of hydrogen-bond donors (Lipinski definition) is 1. The number of carbonyl (C=O) groups excluding carboxylic acids is 3. The van der Waals surface area contributed by atoms with Gasteiger partial charge in [-0.05, 0) is 67.8 Å². The van der Waals surface area contributed by atoms with Gasteiger partial charge in [-0.2, -0.15) is 0 Å². The molecule has 1 aromatic rings. The van der Waals surface area contributed by atoms with E-state index >= 15 is 0 Å². The van der Waals surface area contributed by atoms with Gasteiger partial charge in [-0.25, -0.2) is 4.79 Å². The predicted octanol–water partition coefficient (Wildman–Crippen LogP) is 5.87. The summed E-state index contributed by atoms with van der Waals surface area (Å²) in [6.45, 7) is 9.67. The van der Waals surface area contributed by atoms with Crippen molar-refractivity contribution in [3.8, 4) is 0 Å². The van der Waals surface area contributed by atoms with E-state index in [0.717, 1.165) is 32.1 Å². The smallest absolute Gasteiger partial charge is 0.407 e. The highest BCUT2D eigenvalue weighted by atomic mass is 16.5. The Bertz CT molecular complexity index is 791. The van der Waals surface area contributed by atoms with Gasteiger partial charge in [0.05, 0.1) is 13.2 Å². The molecule has 34 heavy (non-hydrogen) atoms. The van der Waals surface area contributed by atoms with E-state index < -0.39 is 0 Å². The summed E-state index contributed by atoms with van der Waals surface area (Å²) < 4.78 is 10.5. The second-order valence-electron chi connectivity index (χ2n) is 10.9. The van der Waals surface area contributed by atoms with Gasteiger partial charge in [-0.1, -0.05) is 51.1 Å². The number of benzene rings is 1. The van der Waals surface area contributed by atoms with Crippen LogP contribution in [0.15, 0.2) is 30.3 Å². The molecule has 0 heterocycles. The Morgan fingerprint density at radius 3 is 2.44 bits per heavy atom. The first-order chi connectivity index (χ1) is 16.1. The van der Waals surface area contributed by atoms with Crippen LogP contribution >= 0.6 is 0 Å². The number of hydrogen-bond acceptors (Lipinski definition) is 5. The molecule has 1 amide bonds. The van der Waals surface area contributed by atoms with Crippen LogP contribution in [0.3, 0.4) is 0 Å². The van der Waals surface area contributed by atoms with Gasteiger partial charge in [0.15, 0.2) is 0 Å². The van der Waals surface area contributed by atoms with Gasteiger partial charge in [0.25, 0.3) is 0 Å². The molecule has 190 valence electrons. The van der Waals surface area contributed by atoms with E-state index in [-0.39, 0.29) is 34.6 Å². The minimum atomic E-state index is -0.387. The first kappa shape index (κ1) is 27.9. The number of alkyl carbamates (subject to hydrolysis) is 1. The van der Waals surface area contributed by atoms with Crippen molar-refractivity contribution in [3.05, 3.63) is 35.9 Å². The Hall–Kier alpha value is -2.37. The summed E-state index contributed by atoms with van der Waals surface area (Å²) in [5.74, 6) is 0.318. The van der Waals surface area contributed by atoms with Crippen molar-refractivity contribution in [1.82, 2.24) is 5.32 Å². The number of aryl methyl sites for hydroxylation is 1. The predicted molar refractivity (Wildman–Crippen MR) is 133 cm³/mol. The molecule has 1 aliphatic carbocycles. The second kappa shape index (κ2) is 13.5. The summed E-state index contributed by atoms with van der Waals surface area (Å²) in [4.78, 5) is 36.3. The topological polar surface area (TPSA) is 81.7 Å². The summed E-state index contributed by atoms with van der Waals surface area (Å²) in [7, 11) is 0. The maximum Gasteiger partial charge on any atom is 0.407 e. The number of ketones is 1. The van der Waals surface area contributed by atoms with E-state index in [1.54, 1.807) is 6.92 Å². The van der Waals surface area contributed by atoms with Crippen LogP contribution in [-0.4, -0.2) is 37.6 Å². The number of rotatable bonds is 13. The molecule has 1 saturated carbocycles. The molecule has 0 saturated heterocycles. The first-order valence-electron chi connectivity index (χ1n) is 12.7. The molecule has 0 aromatic heterocycles. The molecule has 6 heteroatoms. The first-order valence-corrected chi connectivity index (χ1v) is 12.7. The van der Waals surface area contributed by atoms with Crippen molar-refractivity contribution in [1.29, 1.82) is 0 Å². The average Bonchev–Trinajstić information content (AvgIpc) is 2.76. The number of Topliss-reactive ketones (excluding diaryl/α,β-unsaturated/α-hetero) is 1. The van der Waals surface area contributed by atoms with E-state index in [4.69, 9.17) is 9.47 Å². The number of carbonyl (C=O) groups is 3. The molecule has 2 atom stereocenters. The maximum atomic E-state index is 12.5. The van der Waals surface area contributed by atoms with Gasteiger partial charge in [-0.15, -0.1) is 0 Å². The molecule has 2 unspecified atom stereocenters. The minimum Gasteiger partial charge on any atom is -0.466 e. The summed E-state index contributed by atoms with van der Waals surface area (Å²) in [6.07, 6.45) is 6.15. The second-order valence-corrected chi connectivity index (χ2v) is 10.9. The van der Waals surface area contributed by atoms with Crippen molar-refractivity contribution >= 4 is 17.8 Å². The van der Waals surface area contributed by atoms with E-state index in [0.29, 0.717) is 45.4 Å². The molecule has 2 rings (SSSR count). The summed E-state index contributed by atoms with van der Waals surface area (Å²) in [5.41, 5.74) is 1.19. The van der Waals surface area contributed by atoms with Crippen LogP contribution in [0.5, 0.6) is 0 Å². The fraction of sp³-hybridized carbons (Fsp3) is 0.679. The lowest BCUT2D eigenvalue weighted by molar-refractivity contribution is -0.146. The average molecular weight is 474 g/mol. The van der Waals surface area contributed by atoms with E-state index in [9.17, 15) is 14.4 Å². The number of ether oxygens (including phenoxy) is 2. The van der Waals surface area contributed by atoms with Gasteiger partial charge in [-0.3, -0.25) is 9.59 Å². The Morgan fingerprint density at radius 2 is 1.74 bits per heavy atom. The molecule has 6 nitrogen and oxygen atoms in total. The van der Waals surface area contributed by atoms with Crippen molar-refractivity contribution < 1.29 is 23.9 Å². The highest BCUT2D eigenvalue weighted by Gasteiger charge is 2.42. The van der Waals surface area contributed by atoms with E-state index in [1.165, 1.54) is 5.56 Å². The van der Waals surface area contributed by atoms with Gasteiger partial charge >= 0.3 is 12.1 Å². The fourth-order valence-electron chi connectivity index (χ4n) is 5.56. The number of esters is 1. The van der Waals surface area contributed by atoms with Gasteiger partial charge < -0.3 is 14.8 Å². The normalized spacial score (nSPS) is 21.5. The fourth-order valence-corrected chi connectivity index (χ4v) is 5.56. The standard InChI is InChI=1S/C28H43NO5/c1-5-33-26(32)29-21-28(4)19-23(18-27(2,3)20-28)17-25(31)34-16-10-9-13-24(30)15-14-22-11-7-6-8-12-22/h6-8,11-12,23H,5,9-10,13-21H2,1-4H3,(H,29,32). The zero-order chi connectivity index (χ0) is 25.0. The Balaban J connectivity index is 1.66. The third-order valence-electron chi connectivity index (χ3n) is 6.57.